The van der Waals surface area contributed by atoms with Crippen molar-refractivity contribution in [2.24, 2.45) is 11.7 Å². The average Bonchev–Trinajstić information content (AvgIpc) is 2.27. The number of carbonyl (C=O) groups excluding carboxylic acids is 1. The second-order valence-corrected chi connectivity index (χ2v) is 4.04. The van der Waals surface area contributed by atoms with Gasteiger partial charge in [-0.3, -0.25) is 4.79 Å². The lowest BCUT2D eigenvalue weighted by Crippen LogP contribution is -2.23. The molecular weight excluding hydrogens is 261 g/mol. The molecule has 0 fully saturated rings. The quantitative estimate of drug-likeness (QED) is 0.868. The van der Waals surface area contributed by atoms with Gasteiger partial charge >= 0.3 is 6.36 Å². The molecule has 0 aliphatic carbocycles. The van der Waals surface area contributed by atoms with Crippen LogP contribution in [0.1, 0.15) is 13.3 Å². The van der Waals surface area contributed by atoms with Crippen molar-refractivity contribution in [3.05, 3.63) is 24.3 Å². The van der Waals surface area contributed by atoms with Crippen LogP contribution in [0.3, 0.4) is 0 Å². The van der Waals surface area contributed by atoms with E-state index in [1.807, 2.05) is 0 Å². The molecule has 0 saturated carbocycles. The van der Waals surface area contributed by atoms with Gasteiger partial charge in [0, 0.05) is 17.7 Å². The molecule has 0 aliphatic heterocycles. The van der Waals surface area contributed by atoms with Crippen LogP contribution in [0, 0.1) is 5.92 Å². The molecule has 1 rings (SSSR count). The average molecular weight is 276 g/mol. The summed E-state index contributed by atoms with van der Waals surface area (Å²) in [4.78, 5) is 11.7. The first-order valence-electron chi connectivity index (χ1n) is 5.68. The number of carbonyl (C=O) groups is 1. The van der Waals surface area contributed by atoms with Gasteiger partial charge in [0.25, 0.3) is 0 Å². The third-order valence-electron chi connectivity index (χ3n) is 2.38. The fraction of sp³-hybridized carbons (Fsp3) is 0.417. The highest BCUT2D eigenvalue weighted by Crippen LogP contribution is 2.25. The Morgan fingerprint density at radius 1 is 1.47 bits per heavy atom. The predicted octanol–water partition coefficient (Wildman–Crippen LogP) is 2.51. The second-order valence-electron chi connectivity index (χ2n) is 4.04. The van der Waals surface area contributed by atoms with E-state index in [1.54, 1.807) is 6.92 Å². The van der Waals surface area contributed by atoms with Crippen LogP contribution in [0.5, 0.6) is 5.75 Å². The number of hydrogen-bond acceptors (Lipinski definition) is 3. The number of alkyl halides is 3. The molecule has 1 aromatic rings. The minimum atomic E-state index is -4.75. The summed E-state index contributed by atoms with van der Waals surface area (Å²) in [5, 5.41) is 2.51. The van der Waals surface area contributed by atoms with Crippen LogP contribution < -0.4 is 15.8 Å². The Morgan fingerprint density at radius 2 is 2.16 bits per heavy atom. The molecular formula is C12H15F3N2O2. The number of benzene rings is 1. The molecule has 106 valence electrons. The zero-order chi connectivity index (χ0) is 14.5. The predicted molar refractivity (Wildman–Crippen MR) is 64.6 cm³/mol. The van der Waals surface area contributed by atoms with E-state index in [-0.39, 0.29) is 23.3 Å². The number of amides is 1. The Hall–Kier alpha value is -1.76. The van der Waals surface area contributed by atoms with E-state index in [2.05, 4.69) is 10.1 Å². The van der Waals surface area contributed by atoms with Crippen LogP contribution in [0.25, 0.3) is 0 Å². The van der Waals surface area contributed by atoms with Crippen LogP contribution in [0.4, 0.5) is 18.9 Å². The number of nitrogens with two attached hydrogens (primary N) is 1. The van der Waals surface area contributed by atoms with Crippen molar-refractivity contribution in [1.82, 2.24) is 0 Å². The number of anilines is 1. The van der Waals surface area contributed by atoms with E-state index in [9.17, 15) is 18.0 Å². The van der Waals surface area contributed by atoms with E-state index in [1.165, 1.54) is 12.1 Å². The standard InChI is InChI=1S/C12H15F3N2O2/c1-8(5-6-16)11(18)17-9-3-2-4-10(7-9)19-12(13,14)15/h2-4,7-8H,5-6,16H2,1H3,(H,17,18). The largest absolute Gasteiger partial charge is 0.573 e. The Morgan fingerprint density at radius 3 is 2.74 bits per heavy atom. The van der Waals surface area contributed by atoms with E-state index < -0.39 is 6.36 Å². The number of hydrogen-bond donors (Lipinski definition) is 2. The van der Waals surface area contributed by atoms with Gasteiger partial charge in [-0.1, -0.05) is 13.0 Å². The maximum atomic E-state index is 12.0. The highest BCUT2D eigenvalue weighted by atomic mass is 19.4. The molecule has 19 heavy (non-hydrogen) atoms. The third kappa shape index (κ3) is 5.60. The maximum Gasteiger partial charge on any atom is 0.573 e. The fourth-order valence-corrected chi connectivity index (χ4v) is 1.42. The van der Waals surface area contributed by atoms with Crippen molar-refractivity contribution in [2.45, 2.75) is 19.7 Å². The SMILES string of the molecule is CC(CCN)C(=O)Nc1cccc(OC(F)(F)F)c1. The van der Waals surface area contributed by atoms with Crippen molar-refractivity contribution in [3.8, 4) is 5.75 Å². The number of rotatable bonds is 5. The monoisotopic (exact) mass is 276 g/mol. The van der Waals surface area contributed by atoms with Crippen LogP contribution in [-0.4, -0.2) is 18.8 Å². The van der Waals surface area contributed by atoms with E-state index in [0.717, 1.165) is 12.1 Å². The number of halogens is 3. The summed E-state index contributed by atoms with van der Waals surface area (Å²) < 4.78 is 39.9. The minimum Gasteiger partial charge on any atom is -0.406 e. The molecule has 0 saturated heterocycles. The van der Waals surface area contributed by atoms with Gasteiger partial charge < -0.3 is 15.8 Å². The summed E-state index contributed by atoms with van der Waals surface area (Å²) in [5.74, 6) is -0.983. The van der Waals surface area contributed by atoms with E-state index >= 15 is 0 Å². The van der Waals surface area contributed by atoms with Gasteiger partial charge in [0.05, 0.1) is 0 Å². The first-order valence-corrected chi connectivity index (χ1v) is 5.68. The van der Waals surface area contributed by atoms with Gasteiger partial charge in [-0.2, -0.15) is 0 Å². The molecule has 1 unspecified atom stereocenters. The maximum absolute atomic E-state index is 12.0. The molecule has 3 N–H and O–H groups in total. The molecule has 0 spiro atoms. The lowest BCUT2D eigenvalue weighted by atomic mass is 10.1. The Bertz CT molecular complexity index is 435. The lowest BCUT2D eigenvalue weighted by molar-refractivity contribution is -0.274. The highest BCUT2D eigenvalue weighted by molar-refractivity contribution is 5.92. The van der Waals surface area contributed by atoms with Crippen molar-refractivity contribution in [3.63, 3.8) is 0 Å². The summed E-state index contributed by atoms with van der Waals surface area (Å²) >= 11 is 0. The topological polar surface area (TPSA) is 64.4 Å². The van der Waals surface area contributed by atoms with E-state index in [0.29, 0.717) is 13.0 Å². The Kier molecular flexibility index (Phi) is 5.17. The van der Waals surface area contributed by atoms with Gasteiger partial charge in [-0.05, 0) is 25.1 Å². The van der Waals surface area contributed by atoms with Crippen LogP contribution >= 0.6 is 0 Å². The Labute approximate surface area is 108 Å². The number of ether oxygens (including phenoxy) is 1. The fourth-order valence-electron chi connectivity index (χ4n) is 1.42. The van der Waals surface area contributed by atoms with Gasteiger partial charge in [-0.15, -0.1) is 13.2 Å². The minimum absolute atomic E-state index is 0.246. The molecule has 0 heterocycles. The molecule has 4 nitrogen and oxygen atoms in total. The zero-order valence-corrected chi connectivity index (χ0v) is 10.3. The molecule has 1 aromatic carbocycles. The van der Waals surface area contributed by atoms with Crippen LogP contribution in [-0.2, 0) is 4.79 Å². The molecule has 1 atom stereocenters. The summed E-state index contributed by atoms with van der Waals surface area (Å²) in [7, 11) is 0. The van der Waals surface area contributed by atoms with Crippen molar-refractivity contribution in [2.75, 3.05) is 11.9 Å². The molecule has 7 heteroatoms. The highest BCUT2D eigenvalue weighted by Gasteiger charge is 2.31. The van der Waals surface area contributed by atoms with Crippen molar-refractivity contribution >= 4 is 11.6 Å². The van der Waals surface area contributed by atoms with Crippen molar-refractivity contribution in [1.29, 1.82) is 0 Å². The summed E-state index contributed by atoms with van der Waals surface area (Å²) in [6, 6.07) is 5.12. The van der Waals surface area contributed by atoms with E-state index in [4.69, 9.17) is 5.73 Å². The van der Waals surface area contributed by atoms with Crippen LogP contribution in [0.2, 0.25) is 0 Å². The van der Waals surface area contributed by atoms with Gasteiger partial charge in [0.15, 0.2) is 0 Å². The number of nitrogens with one attached hydrogen (secondary N) is 1. The van der Waals surface area contributed by atoms with Crippen molar-refractivity contribution < 1.29 is 22.7 Å². The first kappa shape index (κ1) is 15.3. The van der Waals surface area contributed by atoms with Gasteiger partial charge in [-0.25, -0.2) is 0 Å². The molecule has 0 aliphatic rings. The second kappa shape index (κ2) is 6.42. The first-order chi connectivity index (χ1) is 8.81. The third-order valence-corrected chi connectivity index (χ3v) is 2.38. The van der Waals surface area contributed by atoms with Crippen LogP contribution in [0.15, 0.2) is 24.3 Å². The van der Waals surface area contributed by atoms with Gasteiger partial charge in [0.2, 0.25) is 5.91 Å². The zero-order valence-electron chi connectivity index (χ0n) is 10.3. The smallest absolute Gasteiger partial charge is 0.406 e. The molecule has 1 amide bonds. The van der Waals surface area contributed by atoms with Gasteiger partial charge in [0.1, 0.15) is 5.75 Å². The Balaban J connectivity index is 2.69. The molecule has 0 radical (unpaired) electrons. The lowest BCUT2D eigenvalue weighted by Gasteiger charge is -2.13. The normalized spacial score (nSPS) is 12.9. The molecule has 0 aromatic heterocycles. The summed E-state index contributed by atoms with van der Waals surface area (Å²) in [5.41, 5.74) is 5.58. The summed E-state index contributed by atoms with van der Waals surface area (Å²) in [6.07, 6.45) is -4.25. The molecule has 0 bridgehead atoms. The summed E-state index contributed by atoms with van der Waals surface area (Å²) in [6.45, 7) is 2.06.